The van der Waals surface area contributed by atoms with Crippen molar-refractivity contribution < 1.29 is 0 Å². The predicted octanol–water partition coefficient (Wildman–Crippen LogP) is 11.3. The summed E-state index contributed by atoms with van der Waals surface area (Å²) in [7, 11) is 0. The molecule has 0 heterocycles. The highest BCUT2D eigenvalue weighted by Gasteiger charge is 2.32. The van der Waals surface area contributed by atoms with E-state index in [1.165, 1.54) is 55.6 Å². The minimum absolute atomic E-state index is 0.385. The van der Waals surface area contributed by atoms with Gasteiger partial charge in [-0.15, -0.1) is 0 Å². The Balaban J connectivity index is 1.43. The van der Waals surface area contributed by atoms with Gasteiger partial charge in [-0.25, -0.2) is 0 Å². The molecule has 0 spiro atoms. The average Bonchev–Trinajstić information content (AvgIpc) is 3.35. The molecule has 1 heteroatoms. The monoisotopic (exact) mass is 529 g/mol. The Kier molecular flexibility index (Phi) is 6.65. The van der Waals surface area contributed by atoms with Gasteiger partial charge in [0.2, 0.25) is 0 Å². The van der Waals surface area contributed by atoms with Crippen LogP contribution in [-0.2, 0) is 0 Å². The van der Waals surface area contributed by atoms with Crippen molar-refractivity contribution in [2.24, 2.45) is 5.92 Å². The largest absolute Gasteiger partial charge is 0.355 e. The Morgan fingerprint density at radius 3 is 2.10 bits per heavy atom. The van der Waals surface area contributed by atoms with Gasteiger partial charge in [-0.1, -0.05) is 117 Å². The Morgan fingerprint density at radius 2 is 1.32 bits per heavy atom. The highest BCUT2D eigenvalue weighted by Crippen LogP contribution is 2.52. The second kappa shape index (κ2) is 10.7. The second-order valence-electron chi connectivity index (χ2n) is 11.6. The molecule has 1 unspecified atom stereocenters. The molecule has 0 bridgehead atoms. The van der Waals surface area contributed by atoms with E-state index in [2.05, 4.69) is 153 Å². The molecule has 0 aliphatic heterocycles. The van der Waals surface area contributed by atoms with Crippen LogP contribution in [-0.4, -0.2) is 0 Å². The molecule has 0 aromatic heterocycles. The molecule has 2 aliphatic carbocycles. The molecule has 5 aromatic carbocycles. The van der Waals surface area contributed by atoms with E-state index in [0.717, 1.165) is 24.2 Å². The summed E-state index contributed by atoms with van der Waals surface area (Å²) < 4.78 is 0. The second-order valence-corrected chi connectivity index (χ2v) is 11.6. The van der Waals surface area contributed by atoms with Crippen LogP contribution in [0.1, 0.15) is 49.3 Å². The zero-order valence-corrected chi connectivity index (χ0v) is 23.8. The van der Waals surface area contributed by atoms with Gasteiger partial charge in [-0.05, 0) is 99.2 Å². The van der Waals surface area contributed by atoms with Crippen LogP contribution in [0.2, 0.25) is 0 Å². The van der Waals surface area contributed by atoms with E-state index >= 15 is 0 Å². The zero-order chi connectivity index (χ0) is 27.8. The van der Waals surface area contributed by atoms with Gasteiger partial charge in [0.1, 0.15) is 0 Å². The van der Waals surface area contributed by atoms with Crippen molar-refractivity contribution >= 4 is 16.9 Å². The standard InChI is InChI=1S/C40H35N/c1-27(2)40-35-23-12-11-22-34(35)36-25-37(39(26-38(36)40)41-31-18-7-4-8-19-31)33-21-10-9-20-32(33)30-17-13-16-29(24-30)28-14-5-3-6-15-28/h4-5,7-27,40-41H,3,6H2,1-2H3. The molecule has 1 nitrogen and oxygen atoms in total. The molecular formula is C40H35N. The van der Waals surface area contributed by atoms with E-state index in [1.54, 1.807) is 0 Å². The number of nitrogens with one attached hydrogen (secondary N) is 1. The van der Waals surface area contributed by atoms with Gasteiger partial charge < -0.3 is 5.32 Å². The van der Waals surface area contributed by atoms with Gasteiger partial charge in [-0.2, -0.15) is 0 Å². The molecule has 200 valence electrons. The molecule has 5 aromatic rings. The van der Waals surface area contributed by atoms with Crippen LogP contribution in [0.3, 0.4) is 0 Å². The van der Waals surface area contributed by atoms with Crippen LogP contribution < -0.4 is 5.32 Å². The summed E-state index contributed by atoms with van der Waals surface area (Å²) in [5.74, 6) is 0.890. The first kappa shape index (κ1) is 25.4. The van der Waals surface area contributed by atoms with E-state index in [9.17, 15) is 0 Å². The molecule has 7 rings (SSSR count). The summed E-state index contributed by atoms with van der Waals surface area (Å²) in [5.41, 5.74) is 15.4. The van der Waals surface area contributed by atoms with Crippen LogP contribution in [0.5, 0.6) is 0 Å². The fourth-order valence-corrected chi connectivity index (χ4v) is 6.67. The molecule has 0 fully saturated rings. The fourth-order valence-electron chi connectivity index (χ4n) is 6.67. The van der Waals surface area contributed by atoms with Gasteiger partial charge in [0.05, 0.1) is 0 Å². The van der Waals surface area contributed by atoms with Crippen LogP contribution in [0, 0.1) is 5.92 Å². The number of anilines is 2. The number of fused-ring (bicyclic) bond motifs is 3. The topological polar surface area (TPSA) is 12.0 Å². The third kappa shape index (κ3) is 4.72. The van der Waals surface area contributed by atoms with Crippen LogP contribution >= 0.6 is 0 Å². The van der Waals surface area contributed by atoms with E-state index in [-0.39, 0.29) is 0 Å². The lowest BCUT2D eigenvalue weighted by Crippen LogP contribution is -2.06. The maximum atomic E-state index is 3.81. The zero-order valence-electron chi connectivity index (χ0n) is 23.8. The fraction of sp³-hybridized carbons (Fsp3) is 0.150. The molecule has 0 amide bonds. The molecule has 0 radical (unpaired) electrons. The van der Waals surface area contributed by atoms with E-state index < -0.39 is 0 Å². The molecule has 1 atom stereocenters. The first-order valence-corrected chi connectivity index (χ1v) is 14.8. The number of hydrogen-bond acceptors (Lipinski definition) is 1. The summed E-state index contributed by atoms with van der Waals surface area (Å²) in [5, 5.41) is 3.81. The van der Waals surface area contributed by atoms with Crippen molar-refractivity contribution in [3.8, 4) is 33.4 Å². The maximum absolute atomic E-state index is 3.81. The summed E-state index contributed by atoms with van der Waals surface area (Å²) in [4.78, 5) is 0. The first-order valence-electron chi connectivity index (χ1n) is 14.8. The highest BCUT2D eigenvalue weighted by atomic mass is 14.9. The summed E-state index contributed by atoms with van der Waals surface area (Å²) in [6, 6.07) is 42.3. The Bertz CT molecular complexity index is 1790. The molecule has 41 heavy (non-hydrogen) atoms. The van der Waals surface area contributed by atoms with Crippen LogP contribution in [0.15, 0.2) is 133 Å². The number of rotatable bonds is 6. The predicted molar refractivity (Wildman–Crippen MR) is 176 cm³/mol. The SMILES string of the molecule is CC(C)C1c2ccccc2-c2cc(-c3ccccc3-c3cccc(C4=CCCC=C4)c3)c(Nc3ccccc3)cc21. The summed E-state index contributed by atoms with van der Waals surface area (Å²) in [6.07, 6.45) is 9.14. The maximum Gasteiger partial charge on any atom is 0.0467 e. The minimum Gasteiger partial charge on any atom is -0.355 e. The number of hydrogen-bond donors (Lipinski definition) is 1. The van der Waals surface area contributed by atoms with Crippen molar-refractivity contribution in [3.05, 3.63) is 150 Å². The molecule has 0 saturated heterocycles. The van der Waals surface area contributed by atoms with Crippen molar-refractivity contribution in [1.82, 2.24) is 0 Å². The third-order valence-corrected chi connectivity index (χ3v) is 8.55. The minimum atomic E-state index is 0.385. The summed E-state index contributed by atoms with van der Waals surface area (Å²) in [6.45, 7) is 4.68. The molecular weight excluding hydrogens is 494 g/mol. The Labute approximate surface area is 243 Å². The van der Waals surface area contributed by atoms with Crippen LogP contribution in [0.25, 0.3) is 39.0 Å². The van der Waals surface area contributed by atoms with Crippen LogP contribution in [0.4, 0.5) is 11.4 Å². The van der Waals surface area contributed by atoms with Crippen molar-refractivity contribution in [2.45, 2.75) is 32.6 Å². The molecule has 1 N–H and O–H groups in total. The van der Waals surface area contributed by atoms with Crippen molar-refractivity contribution in [1.29, 1.82) is 0 Å². The van der Waals surface area contributed by atoms with Gasteiger partial charge >= 0.3 is 0 Å². The number of benzene rings is 5. The van der Waals surface area contributed by atoms with E-state index in [1.807, 2.05) is 0 Å². The van der Waals surface area contributed by atoms with Gasteiger partial charge in [0.15, 0.2) is 0 Å². The van der Waals surface area contributed by atoms with Crippen molar-refractivity contribution in [2.75, 3.05) is 5.32 Å². The highest BCUT2D eigenvalue weighted by molar-refractivity contribution is 5.96. The lowest BCUT2D eigenvalue weighted by molar-refractivity contribution is 0.573. The van der Waals surface area contributed by atoms with Gasteiger partial charge in [0.25, 0.3) is 0 Å². The van der Waals surface area contributed by atoms with Gasteiger partial charge in [-0.3, -0.25) is 0 Å². The average molecular weight is 530 g/mol. The Hall–Kier alpha value is -4.62. The number of allylic oxidation sites excluding steroid dienone is 4. The third-order valence-electron chi connectivity index (χ3n) is 8.55. The molecule has 0 saturated carbocycles. The van der Waals surface area contributed by atoms with Gasteiger partial charge in [0, 0.05) is 22.9 Å². The summed E-state index contributed by atoms with van der Waals surface area (Å²) >= 11 is 0. The lowest BCUT2D eigenvalue weighted by Gasteiger charge is -2.21. The smallest absolute Gasteiger partial charge is 0.0467 e. The van der Waals surface area contributed by atoms with Crippen molar-refractivity contribution in [3.63, 3.8) is 0 Å². The lowest BCUT2D eigenvalue weighted by atomic mass is 9.85. The van der Waals surface area contributed by atoms with E-state index in [0.29, 0.717) is 11.8 Å². The molecule has 2 aliphatic rings. The number of para-hydroxylation sites is 1. The first-order chi connectivity index (χ1) is 20.2. The quantitative estimate of drug-likeness (QED) is 0.231. The Morgan fingerprint density at radius 1 is 0.585 bits per heavy atom. The van der Waals surface area contributed by atoms with E-state index in [4.69, 9.17) is 0 Å². The normalized spacial score (nSPS) is 15.4.